The normalized spacial score (nSPS) is 22.2. The van der Waals surface area contributed by atoms with Gasteiger partial charge in [0.2, 0.25) is 0 Å². The Morgan fingerprint density at radius 3 is 2.36 bits per heavy atom. The maximum Gasteiger partial charge on any atom is 0.366 e. The number of amides is 2. The summed E-state index contributed by atoms with van der Waals surface area (Å²) in [5, 5.41) is 2.53. The van der Waals surface area contributed by atoms with Crippen LogP contribution >= 0.6 is 0 Å². The number of benzene rings is 1. The smallest absolute Gasteiger partial charge is 0.331 e. The van der Waals surface area contributed by atoms with Crippen molar-refractivity contribution >= 4 is 23.3 Å². The Hall–Kier alpha value is -3.23. The van der Waals surface area contributed by atoms with Crippen molar-refractivity contribution in [1.82, 2.24) is 9.88 Å². The van der Waals surface area contributed by atoms with Crippen LogP contribution in [0.25, 0.3) is 0 Å². The number of Topliss-reactive ketones (excluding diaryl/α,β-unsaturated/α-hetero) is 1. The maximum atomic E-state index is 15.2. The third-order valence-corrected chi connectivity index (χ3v) is 6.57. The number of hydrogen-bond donors (Lipinski definition) is 1. The van der Waals surface area contributed by atoms with Gasteiger partial charge in [0.05, 0.1) is 0 Å². The highest BCUT2D eigenvalue weighted by molar-refractivity contribution is 6.04. The van der Waals surface area contributed by atoms with Crippen LogP contribution < -0.4 is 5.32 Å². The molecule has 1 aromatic carbocycles. The summed E-state index contributed by atoms with van der Waals surface area (Å²) in [6.45, 7) is 3.03. The fourth-order valence-corrected chi connectivity index (χ4v) is 4.78. The minimum atomic E-state index is -3.92. The van der Waals surface area contributed by atoms with Gasteiger partial charge in [0.25, 0.3) is 11.8 Å². The number of ketones is 1. The second kappa shape index (κ2) is 8.61. The summed E-state index contributed by atoms with van der Waals surface area (Å²) in [6, 6.07) is 5.34. The number of alkyl halides is 2. The zero-order valence-electron chi connectivity index (χ0n) is 18.3. The summed E-state index contributed by atoms with van der Waals surface area (Å²) in [5.74, 6) is -6.58. The summed E-state index contributed by atoms with van der Waals surface area (Å²) in [5.41, 5.74) is -0.287. The molecule has 6 nitrogen and oxygen atoms in total. The van der Waals surface area contributed by atoms with E-state index in [1.54, 1.807) is 0 Å². The first-order valence-corrected chi connectivity index (χ1v) is 10.8. The molecule has 2 aliphatic rings. The molecule has 2 aliphatic heterocycles. The van der Waals surface area contributed by atoms with Crippen molar-refractivity contribution in [2.75, 3.05) is 5.32 Å². The van der Waals surface area contributed by atoms with Gasteiger partial charge in [-0.1, -0.05) is 0 Å². The zero-order chi connectivity index (χ0) is 23.9. The number of nitrogens with one attached hydrogen (secondary N) is 1. The number of pyridine rings is 1. The Balaban J connectivity index is 1.53. The van der Waals surface area contributed by atoms with Crippen LogP contribution in [0.1, 0.15) is 54.2 Å². The summed E-state index contributed by atoms with van der Waals surface area (Å²) < 4.78 is 43.9. The van der Waals surface area contributed by atoms with E-state index in [1.807, 2.05) is 0 Å². The first-order chi connectivity index (χ1) is 15.6. The largest absolute Gasteiger partial charge is 0.366 e. The van der Waals surface area contributed by atoms with Gasteiger partial charge in [-0.2, -0.15) is 8.78 Å². The van der Waals surface area contributed by atoms with Crippen molar-refractivity contribution in [3.63, 3.8) is 0 Å². The van der Waals surface area contributed by atoms with E-state index in [4.69, 9.17) is 0 Å². The lowest BCUT2D eigenvalue weighted by Gasteiger charge is -2.39. The lowest BCUT2D eigenvalue weighted by atomic mass is 9.87. The van der Waals surface area contributed by atoms with E-state index in [-0.39, 0.29) is 17.3 Å². The van der Waals surface area contributed by atoms with Crippen LogP contribution in [0.2, 0.25) is 0 Å². The number of carbonyl (C=O) groups excluding carboxylic acids is 3. The minimum Gasteiger partial charge on any atom is -0.331 e. The lowest BCUT2D eigenvalue weighted by Crippen LogP contribution is -2.52. The first kappa shape index (κ1) is 22.9. The molecule has 2 bridgehead atoms. The summed E-state index contributed by atoms with van der Waals surface area (Å²) in [4.78, 5) is 42.1. The average Bonchev–Trinajstić information content (AvgIpc) is 3.04. The molecule has 0 saturated carbocycles. The number of rotatable bonds is 5. The Bertz CT molecular complexity index is 1110. The Kier molecular flexibility index (Phi) is 5.99. The number of aryl methyl sites for hydroxylation is 1. The molecule has 9 heteroatoms. The molecule has 3 heterocycles. The second-order valence-electron chi connectivity index (χ2n) is 8.80. The molecule has 33 heavy (non-hydrogen) atoms. The van der Waals surface area contributed by atoms with Crippen molar-refractivity contribution in [3.05, 3.63) is 59.2 Å². The average molecular weight is 459 g/mol. The highest BCUT2D eigenvalue weighted by Gasteiger charge is 2.53. The molecule has 1 aromatic heterocycles. The molecule has 0 radical (unpaired) electrons. The van der Waals surface area contributed by atoms with E-state index in [2.05, 4.69) is 10.3 Å². The van der Waals surface area contributed by atoms with Crippen LogP contribution in [0.15, 0.2) is 36.5 Å². The van der Waals surface area contributed by atoms with Crippen molar-refractivity contribution < 1.29 is 27.6 Å². The Morgan fingerprint density at radius 2 is 1.76 bits per heavy atom. The molecular formula is C24H24F3N3O3. The highest BCUT2D eigenvalue weighted by Crippen LogP contribution is 2.42. The fraction of sp³-hybridized carbons (Fsp3) is 0.417. The van der Waals surface area contributed by atoms with E-state index in [0.717, 1.165) is 12.3 Å². The van der Waals surface area contributed by atoms with Crippen LogP contribution in [-0.4, -0.2) is 39.6 Å². The summed E-state index contributed by atoms with van der Waals surface area (Å²) >= 11 is 0. The number of hydrogen-bond acceptors (Lipinski definition) is 4. The number of carbonyl (C=O) groups is 3. The van der Waals surface area contributed by atoms with Crippen LogP contribution in [-0.2, 0) is 15.5 Å². The number of piperidine rings is 1. The summed E-state index contributed by atoms with van der Waals surface area (Å²) in [7, 11) is 0. The molecule has 2 saturated heterocycles. The zero-order valence-corrected chi connectivity index (χ0v) is 18.3. The standard InChI is InChI=1S/C24H24F3N3O3/c1-13-9-17(3-6-20(13)25)29-22(32)15-7-8-28-21(12-15)24(26,27)23(33)30-18-4-5-19(30)11-16(10-18)14(2)31/h3,6-9,12,16,18-19H,4-5,10-11H2,1-2H3,(H,29,32)/t16?,18-,19?/m1/s1. The lowest BCUT2D eigenvalue weighted by molar-refractivity contribution is -0.165. The molecular weight excluding hydrogens is 435 g/mol. The number of nitrogens with zero attached hydrogens (tertiary/aromatic N) is 2. The second-order valence-corrected chi connectivity index (χ2v) is 8.80. The van der Waals surface area contributed by atoms with Gasteiger partial charge in [-0.3, -0.25) is 19.4 Å². The van der Waals surface area contributed by atoms with E-state index < -0.39 is 41.3 Å². The number of anilines is 1. The molecule has 1 N–H and O–H groups in total. The number of aromatic nitrogens is 1. The quantitative estimate of drug-likeness (QED) is 0.726. The third-order valence-electron chi connectivity index (χ3n) is 6.57. The van der Waals surface area contributed by atoms with Gasteiger partial charge in [-0.15, -0.1) is 0 Å². The van der Waals surface area contributed by atoms with Gasteiger partial charge < -0.3 is 10.2 Å². The number of halogens is 3. The Morgan fingerprint density at radius 1 is 1.09 bits per heavy atom. The predicted molar refractivity (Wildman–Crippen MR) is 114 cm³/mol. The van der Waals surface area contributed by atoms with Gasteiger partial charge in [-0.05, 0) is 75.4 Å². The van der Waals surface area contributed by atoms with Crippen molar-refractivity contribution in [1.29, 1.82) is 0 Å². The summed E-state index contributed by atoms with van der Waals surface area (Å²) in [6.07, 6.45) is 3.01. The monoisotopic (exact) mass is 459 g/mol. The van der Waals surface area contributed by atoms with E-state index in [0.29, 0.717) is 36.9 Å². The van der Waals surface area contributed by atoms with Gasteiger partial charge in [0.15, 0.2) is 0 Å². The van der Waals surface area contributed by atoms with Crippen LogP contribution in [0.5, 0.6) is 0 Å². The fourth-order valence-electron chi connectivity index (χ4n) is 4.78. The van der Waals surface area contributed by atoms with Crippen LogP contribution in [0.4, 0.5) is 18.9 Å². The predicted octanol–water partition coefficient (Wildman–Crippen LogP) is 4.23. The molecule has 2 fully saturated rings. The molecule has 174 valence electrons. The van der Waals surface area contributed by atoms with Gasteiger partial charge in [0.1, 0.15) is 17.3 Å². The molecule has 0 aliphatic carbocycles. The highest BCUT2D eigenvalue weighted by atomic mass is 19.3. The molecule has 2 aromatic rings. The molecule has 2 amide bonds. The van der Waals surface area contributed by atoms with Crippen LogP contribution in [0.3, 0.4) is 0 Å². The molecule has 2 unspecified atom stereocenters. The maximum absolute atomic E-state index is 15.2. The Labute approximate surface area is 189 Å². The van der Waals surface area contributed by atoms with Gasteiger partial charge in [0, 0.05) is 35.4 Å². The van der Waals surface area contributed by atoms with Crippen LogP contribution in [0, 0.1) is 18.7 Å². The van der Waals surface area contributed by atoms with E-state index >= 15 is 8.78 Å². The molecule has 3 atom stereocenters. The van der Waals surface area contributed by atoms with Gasteiger partial charge in [-0.25, -0.2) is 4.39 Å². The van der Waals surface area contributed by atoms with Gasteiger partial charge >= 0.3 is 5.92 Å². The van der Waals surface area contributed by atoms with E-state index in [9.17, 15) is 18.8 Å². The van der Waals surface area contributed by atoms with E-state index in [1.165, 1.54) is 43.0 Å². The number of fused-ring (bicyclic) bond motifs is 2. The topological polar surface area (TPSA) is 79.4 Å². The first-order valence-electron chi connectivity index (χ1n) is 10.8. The third kappa shape index (κ3) is 4.36. The van der Waals surface area contributed by atoms with Crippen molar-refractivity contribution in [3.8, 4) is 0 Å². The minimum absolute atomic E-state index is 0.0162. The molecule has 0 spiro atoms. The van der Waals surface area contributed by atoms with Crippen molar-refractivity contribution in [2.24, 2.45) is 5.92 Å². The molecule has 4 rings (SSSR count). The van der Waals surface area contributed by atoms with Crippen molar-refractivity contribution in [2.45, 2.75) is 57.5 Å². The SMILES string of the molecule is CC(=O)C1CC2CC[C@H](C1)N2C(=O)C(F)(F)c1cc(C(=O)Nc2ccc(F)c(C)c2)ccn1.